The fourth-order valence-corrected chi connectivity index (χ4v) is 3.85. The highest BCUT2D eigenvalue weighted by atomic mass is 32.1. The lowest BCUT2D eigenvalue weighted by molar-refractivity contribution is -0.123. The number of nitrogens with zero attached hydrogens (tertiary/aromatic N) is 4. The van der Waals surface area contributed by atoms with E-state index in [-0.39, 0.29) is 11.7 Å². The zero-order valence-electron chi connectivity index (χ0n) is 14.2. The van der Waals surface area contributed by atoms with Gasteiger partial charge in [-0.05, 0) is 56.1 Å². The van der Waals surface area contributed by atoms with Crippen molar-refractivity contribution in [2.45, 2.75) is 19.3 Å². The van der Waals surface area contributed by atoms with Crippen LogP contribution in [-0.2, 0) is 11.2 Å². The van der Waals surface area contributed by atoms with Crippen molar-refractivity contribution in [3.63, 3.8) is 0 Å². The Hall–Kier alpha value is -2.18. The standard InChI is InChI=1S/C19H20N4OS/c1-23-6-4-13(5-7-23)18(24)9-19-20-10-15-3-2-14(8-17(15)22-19)16-11-21-25-12-16/h2-3,8,10-13H,4-7,9H2,1H3. The first kappa shape index (κ1) is 16.3. The van der Waals surface area contributed by atoms with Crippen molar-refractivity contribution in [1.29, 1.82) is 0 Å². The lowest BCUT2D eigenvalue weighted by Crippen LogP contribution is -2.34. The largest absolute Gasteiger partial charge is 0.306 e. The van der Waals surface area contributed by atoms with Crippen molar-refractivity contribution >= 4 is 28.2 Å². The van der Waals surface area contributed by atoms with Gasteiger partial charge in [0.15, 0.2) is 0 Å². The molecule has 3 aromatic rings. The van der Waals surface area contributed by atoms with Crippen LogP contribution < -0.4 is 0 Å². The number of likely N-dealkylation sites (tertiary alicyclic amines) is 1. The summed E-state index contributed by atoms with van der Waals surface area (Å²) in [5.74, 6) is 1.04. The lowest BCUT2D eigenvalue weighted by atomic mass is 9.91. The molecule has 0 N–H and O–H groups in total. The van der Waals surface area contributed by atoms with Crippen molar-refractivity contribution in [3.8, 4) is 11.1 Å². The summed E-state index contributed by atoms with van der Waals surface area (Å²) in [5, 5.41) is 3.01. The Kier molecular flexibility index (Phi) is 4.55. The smallest absolute Gasteiger partial charge is 0.143 e. The second-order valence-corrected chi connectivity index (χ2v) is 7.35. The topological polar surface area (TPSA) is 59.0 Å². The number of rotatable bonds is 4. The van der Waals surface area contributed by atoms with Crippen LogP contribution in [-0.4, -0.2) is 45.2 Å². The molecule has 6 heteroatoms. The van der Waals surface area contributed by atoms with Gasteiger partial charge < -0.3 is 4.90 Å². The van der Waals surface area contributed by atoms with Crippen LogP contribution in [0.5, 0.6) is 0 Å². The van der Waals surface area contributed by atoms with Crippen LogP contribution in [0.3, 0.4) is 0 Å². The number of carbonyl (C=O) groups excluding carboxylic acids is 1. The molecular formula is C19H20N4OS. The van der Waals surface area contributed by atoms with Crippen molar-refractivity contribution in [2.75, 3.05) is 20.1 Å². The second-order valence-electron chi connectivity index (χ2n) is 6.69. The molecule has 0 bridgehead atoms. The number of carbonyl (C=O) groups is 1. The van der Waals surface area contributed by atoms with Crippen molar-refractivity contribution in [1.82, 2.24) is 19.2 Å². The van der Waals surface area contributed by atoms with Gasteiger partial charge in [-0.25, -0.2) is 14.3 Å². The van der Waals surface area contributed by atoms with E-state index in [0.29, 0.717) is 12.2 Å². The average Bonchev–Trinajstić information content (AvgIpc) is 3.16. The van der Waals surface area contributed by atoms with Gasteiger partial charge in [-0.15, -0.1) is 0 Å². The van der Waals surface area contributed by atoms with E-state index in [1.54, 1.807) is 0 Å². The van der Waals surface area contributed by atoms with Gasteiger partial charge in [0, 0.05) is 34.6 Å². The molecule has 25 heavy (non-hydrogen) atoms. The number of hydrogen-bond acceptors (Lipinski definition) is 6. The third-order valence-electron chi connectivity index (χ3n) is 4.90. The molecule has 0 radical (unpaired) electrons. The van der Waals surface area contributed by atoms with Gasteiger partial charge in [0.1, 0.15) is 11.6 Å². The molecule has 0 spiro atoms. The van der Waals surface area contributed by atoms with Crippen LogP contribution in [0, 0.1) is 5.92 Å². The number of piperidine rings is 1. The van der Waals surface area contributed by atoms with E-state index in [1.165, 1.54) is 11.5 Å². The van der Waals surface area contributed by atoms with Gasteiger partial charge in [0.25, 0.3) is 0 Å². The first-order valence-electron chi connectivity index (χ1n) is 8.56. The highest BCUT2D eigenvalue weighted by Gasteiger charge is 2.24. The predicted octanol–water partition coefficient (Wildman–Crippen LogP) is 3.21. The maximum absolute atomic E-state index is 12.6. The lowest BCUT2D eigenvalue weighted by Gasteiger charge is -2.27. The molecule has 4 rings (SSSR count). The number of ketones is 1. The normalized spacial score (nSPS) is 16.4. The van der Waals surface area contributed by atoms with Crippen LogP contribution in [0.4, 0.5) is 0 Å². The summed E-state index contributed by atoms with van der Waals surface area (Å²) in [4.78, 5) is 23.9. The van der Waals surface area contributed by atoms with Gasteiger partial charge in [0.2, 0.25) is 0 Å². The van der Waals surface area contributed by atoms with E-state index in [4.69, 9.17) is 0 Å². The summed E-state index contributed by atoms with van der Waals surface area (Å²) in [6.07, 6.45) is 5.89. The van der Waals surface area contributed by atoms with Crippen LogP contribution >= 0.6 is 11.5 Å². The van der Waals surface area contributed by atoms with Crippen LogP contribution in [0.25, 0.3) is 22.0 Å². The minimum atomic E-state index is 0.152. The molecule has 2 aromatic heterocycles. The summed E-state index contributed by atoms with van der Waals surface area (Å²) < 4.78 is 4.15. The molecule has 1 fully saturated rings. The van der Waals surface area contributed by atoms with Crippen LogP contribution in [0.1, 0.15) is 18.7 Å². The molecule has 5 nitrogen and oxygen atoms in total. The number of fused-ring (bicyclic) bond motifs is 1. The molecule has 1 aliphatic rings. The van der Waals surface area contributed by atoms with Gasteiger partial charge in [-0.2, -0.15) is 0 Å². The number of aromatic nitrogens is 3. The van der Waals surface area contributed by atoms with E-state index in [1.807, 2.05) is 29.9 Å². The first-order chi connectivity index (χ1) is 12.2. The second kappa shape index (κ2) is 6.98. The summed E-state index contributed by atoms with van der Waals surface area (Å²) in [6.45, 7) is 1.99. The highest BCUT2D eigenvalue weighted by Crippen LogP contribution is 2.24. The highest BCUT2D eigenvalue weighted by molar-refractivity contribution is 7.03. The Bertz CT molecular complexity index is 886. The third kappa shape index (κ3) is 3.60. The van der Waals surface area contributed by atoms with E-state index in [2.05, 4.69) is 32.4 Å². The monoisotopic (exact) mass is 352 g/mol. The number of benzene rings is 1. The Morgan fingerprint density at radius 3 is 2.84 bits per heavy atom. The molecule has 0 aliphatic carbocycles. The molecule has 0 amide bonds. The van der Waals surface area contributed by atoms with Crippen molar-refractivity contribution in [2.24, 2.45) is 5.92 Å². The Morgan fingerprint density at radius 1 is 1.24 bits per heavy atom. The quantitative estimate of drug-likeness (QED) is 0.722. The molecule has 0 saturated carbocycles. The molecule has 1 aliphatic heterocycles. The molecule has 1 aromatic carbocycles. The van der Waals surface area contributed by atoms with Crippen molar-refractivity contribution in [3.05, 3.63) is 41.8 Å². The minimum absolute atomic E-state index is 0.152. The van der Waals surface area contributed by atoms with Gasteiger partial charge >= 0.3 is 0 Å². The zero-order valence-corrected chi connectivity index (χ0v) is 15.0. The number of hydrogen-bond donors (Lipinski definition) is 0. The molecule has 128 valence electrons. The first-order valence-corrected chi connectivity index (χ1v) is 9.39. The maximum atomic E-state index is 12.6. The predicted molar refractivity (Wildman–Crippen MR) is 99.6 cm³/mol. The molecule has 3 heterocycles. The third-order valence-corrected chi connectivity index (χ3v) is 5.49. The minimum Gasteiger partial charge on any atom is -0.306 e. The Morgan fingerprint density at radius 2 is 2.08 bits per heavy atom. The fourth-order valence-electron chi connectivity index (χ4n) is 3.30. The average molecular weight is 352 g/mol. The molecular weight excluding hydrogens is 332 g/mol. The van der Waals surface area contributed by atoms with E-state index in [0.717, 1.165) is 48.0 Å². The van der Waals surface area contributed by atoms with E-state index >= 15 is 0 Å². The number of Topliss-reactive ketones (excluding diaryl/α,β-unsaturated/α-hetero) is 1. The van der Waals surface area contributed by atoms with Crippen LogP contribution in [0.2, 0.25) is 0 Å². The molecule has 0 unspecified atom stereocenters. The van der Waals surface area contributed by atoms with Gasteiger partial charge in [-0.3, -0.25) is 4.79 Å². The van der Waals surface area contributed by atoms with Gasteiger partial charge in [0.05, 0.1) is 11.9 Å². The summed E-state index contributed by atoms with van der Waals surface area (Å²) in [6, 6.07) is 6.12. The summed E-state index contributed by atoms with van der Waals surface area (Å²) in [7, 11) is 2.10. The SMILES string of the molecule is CN1CCC(C(=O)Cc2ncc3ccc(-c4cnsc4)cc3n2)CC1. The fraction of sp³-hybridized carbons (Fsp3) is 0.368. The molecule has 0 atom stereocenters. The van der Waals surface area contributed by atoms with Gasteiger partial charge in [-0.1, -0.05) is 12.1 Å². The summed E-state index contributed by atoms with van der Waals surface area (Å²) >= 11 is 1.44. The molecule has 1 saturated heterocycles. The Balaban J connectivity index is 1.54. The summed E-state index contributed by atoms with van der Waals surface area (Å²) in [5.41, 5.74) is 3.06. The maximum Gasteiger partial charge on any atom is 0.143 e. The van der Waals surface area contributed by atoms with E-state index < -0.39 is 0 Å². The van der Waals surface area contributed by atoms with E-state index in [9.17, 15) is 4.79 Å². The Labute approximate surface area is 150 Å². The zero-order chi connectivity index (χ0) is 17.2. The van der Waals surface area contributed by atoms with Crippen LogP contribution in [0.15, 0.2) is 36.0 Å². The van der Waals surface area contributed by atoms with Crippen molar-refractivity contribution < 1.29 is 4.79 Å².